The fourth-order valence-electron chi connectivity index (χ4n) is 3.76. The van der Waals surface area contributed by atoms with E-state index < -0.39 is 8.22 Å². The predicted molar refractivity (Wildman–Crippen MR) is 110 cm³/mol. The van der Waals surface area contributed by atoms with Crippen molar-refractivity contribution < 1.29 is 0 Å². The average molecular weight is 366 g/mol. The van der Waals surface area contributed by atoms with Crippen molar-refractivity contribution in [2.75, 3.05) is 28.2 Å². The Hall–Kier alpha value is -0.0400. The molecule has 2 aromatic rings. The minimum atomic E-state index is -0.394. The van der Waals surface area contributed by atoms with Gasteiger partial charge in [-0.25, -0.2) is 0 Å². The highest BCUT2D eigenvalue weighted by Gasteiger charge is 2.37. The molecule has 0 spiro atoms. The Morgan fingerprint density at radius 2 is 1.57 bits per heavy atom. The van der Waals surface area contributed by atoms with Crippen LogP contribution in [0.1, 0.15) is 26.7 Å². The molecule has 5 heteroatoms. The van der Waals surface area contributed by atoms with Crippen molar-refractivity contribution in [3.8, 4) is 0 Å². The highest BCUT2D eigenvalue weighted by Crippen LogP contribution is 2.57. The topological polar surface area (TPSA) is 6.48 Å². The first-order valence-electron chi connectivity index (χ1n) is 8.36. The van der Waals surface area contributed by atoms with Gasteiger partial charge in [-0.3, -0.25) is 9.34 Å². The lowest BCUT2D eigenvalue weighted by Crippen LogP contribution is -2.31. The van der Waals surface area contributed by atoms with Gasteiger partial charge in [0.25, 0.3) is 0 Å². The van der Waals surface area contributed by atoms with Crippen LogP contribution in [0.4, 0.5) is 0 Å². The van der Waals surface area contributed by atoms with Gasteiger partial charge in [-0.1, -0.05) is 40.0 Å². The van der Waals surface area contributed by atoms with E-state index >= 15 is 0 Å². The Balaban J connectivity index is 2.23. The molecule has 0 unspecified atom stereocenters. The molecule has 2 nitrogen and oxygen atoms in total. The second-order valence-electron chi connectivity index (χ2n) is 6.92. The molecule has 0 aliphatic carbocycles. The smallest absolute Gasteiger partial charge is 0.0826 e. The lowest BCUT2D eigenvalue weighted by atomic mass is 10.2. The van der Waals surface area contributed by atoms with Gasteiger partial charge in [-0.05, 0) is 58.4 Å². The Morgan fingerprint density at radius 3 is 2.13 bits per heavy atom. The normalized spacial score (nSPS) is 23.0. The van der Waals surface area contributed by atoms with E-state index in [2.05, 4.69) is 75.6 Å². The summed E-state index contributed by atoms with van der Waals surface area (Å²) in [6.45, 7) is 4.97. The molecule has 1 saturated heterocycles. The van der Waals surface area contributed by atoms with Crippen molar-refractivity contribution in [1.29, 1.82) is 0 Å². The zero-order valence-corrected chi connectivity index (χ0v) is 17.7. The Bertz CT molecular complexity index is 665. The standard InChI is InChI=1S/C18H28N2P2S/c1-13-11-12-14(2)21(13)17-15-9-7-8-10-16(15)23-18(17)22(19(3)4)20(5)6/h7-10,13-14H,11-12H2,1-6H3/t13-,14-/m0/s1. The first kappa shape index (κ1) is 17.8. The van der Waals surface area contributed by atoms with Gasteiger partial charge in [0.15, 0.2) is 0 Å². The van der Waals surface area contributed by atoms with E-state index in [4.69, 9.17) is 0 Å². The van der Waals surface area contributed by atoms with Gasteiger partial charge < -0.3 is 0 Å². The molecular formula is C18H28N2P2S. The molecule has 126 valence electrons. The fraction of sp³-hybridized carbons (Fsp3) is 0.556. The highest BCUT2D eigenvalue weighted by atomic mass is 32.1. The van der Waals surface area contributed by atoms with Gasteiger partial charge in [-0.15, -0.1) is 11.3 Å². The van der Waals surface area contributed by atoms with Crippen molar-refractivity contribution in [3.63, 3.8) is 0 Å². The van der Waals surface area contributed by atoms with E-state index in [1.54, 1.807) is 9.92 Å². The van der Waals surface area contributed by atoms with Gasteiger partial charge >= 0.3 is 0 Å². The molecule has 23 heavy (non-hydrogen) atoms. The third-order valence-corrected chi connectivity index (χ3v) is 12.3. The van der Waals surface area contributed by atoms with E-state index in [1.807, 2.05) is 11.3 Å². The number of hydrogen-bond donors (Lipinski definition) is 0. The zero-order chi connectivity index (χ0) is 16.7. The SMILES string of the molecule is C[C@H]1CC[C@H](C)P1c1c(P(N(C)C)N(C)C)sc2ccccc12. The summed E-state index contributed by atoms with van der Waals surface area (Å²) < 4.78 is 7.96. The van der Waals surface area contributed by atoms with Gasteiger partial charge in [-0.2, -0.15) is 0 Å². The maximum Gasteiger partial charge on any atom is 0.0826 e. The maximum absolute atomic E-state index is 2.49. The fourth-order valence-corrected chi connectivity index (χ4v) is 12.4. The van der Waals surface area contributed by atoms with Crippen LogP contribution >= 0.6 is 27.5 Å². The minimum Gasteiger partial charge on any atom is -0.272 e. The molecule has 0 N–H and O–H groups in total. The molecule has 1 aliphatic rings. The summed E-state index contributed by atoms with van der Waals surface area (Å²) in [6, 6.07) is 9.08. The summed E-state index contributed by atoms with van der Waals surface area (Å²) in [7, 11) is 8.47. The first-order chi connectivity index (χ1) is 10.9. The van der Waals surface area contributed by atoms with Crippen molar-refractivity contribution in [2.24, 2.45) is 0 Å². The molecular weight excluding hydrogens is 338 g/mol. The number of rotatable bonds is 4. The Kier molecular flexibility index (Phi) is 5.46. The third-order valence-electron chi connectivity index (χ3n) is 4.70. The Morgan fingerprint density at radius 1 is 1.00 bits per heavy atom. The number of nitrogens with zero attached hydrogens (tertiary/aromatic N) is 2. The monoisotopic (exact) mass is 366 g/mol. The molecule has 0 bridgehead atoms. The molecule has 0 saturated carbocycles. The van der Waals surface area contributed by atoms with Gasteiger partial charge in [0, 0.05) is 15.4 Å². The summed E-state index contributed by atoms with van der Waals surface area (Å²) in [6.07, 6.45) is 2.80. The van der Waals surface area contributed by atoms with Crippen LogP contribution in [0.25, 0.3) is 10.1 Å². The highest BCUT2D eigenvalue weighted by molar-refractivity contribution is 7.76. The molecule has 1 fully saturated rings. The van der Waals surface area contributed by atoms with Crippen LogP contribution in [-0.2, 0) is 0 Å². The lowest BCUT2D eigenvalue weighted by molar-refractivity contribution is 0.585. The minimum absolute atomic E-state index is 0.0549. The summed E-state index contributed by atoms with van der Waals surface area (Å²) >= 11 is 2.04. The number of hydrogen-bond acceptors (Lipinski definition) is 3. The molecule has 1 aromatic carbocycles. The third kappa shape index (κ3) is 3.24. The second-order valence-corrected chi connectivity index (χ2v) is 13.9. The van der Waals surface area contributed by atoms with Crippen LogP contribution in [0, 0.1) is 0 Å². The number of thiophene rings is 1. The van der Waals surface area contributed by atoms with E-state index in [9.17, 15) is 0 Å². The van der Waals surface area contributed by atoms with E-state index in [-0.39, 0.29) is 7.92 Å². The Labute approximate surface area is 147 Å². The van der Waals surface area contributed by atoms with Crippen molar-refractivity contribution in [2.45, 2.75) is 38.0 Å². The molecule has 1 aromatic heterocycles. The largest absolute Gasteiger partial charge is 0.272 e. The molecule has 2 atom stereocenters. The van der Waals surface area contributed by atoms with Crippen molar-refractivity contribution in [3.05, 3.63) is 24.3 Å². The van der Waals surface area contributed by atoms with Crippen molar-refractivity contribution in [1.82, 2.24) is 9.34 Å². The van der Waals surface area contributed by atoms with E-state index in [1.165, 1.54) is 22.9 Å². The first-order valence-corrected chi connectivity index (χ1v) is 11.9. The predicted octanol–water partition coefficient (Wildman–Crippen LogP) is 4.64. The van der Waals surface area contributed by atoms with Gasteiger partial charge in [0.05, 0.1) is 12.8 Å². The molecule has 3 rings (SSSR count). The van der Waals surface area contributed by atoms with Crippen LogP contribution in [0.2, 0.25) is 0 Å². The zero-order valence-electron chi connectivity index (χ0n) is 15.1. The number of fused-ring (bicyclic) bond motifs is 1. The molecule has 0 radical (unpaired) electrons. The summed E-state index contributed by atoms with van der Waals surface area (Å²) in [5, 5.41) is 3.27. The van der Waals surface area contributed by atoms with Crippen LogP contribution in [0.3, 0.4) is 0 Å². The van der Waals surface area contributed by atoms with Crippen LogP contribution in [0.5, 0.6) is 0 Å². The second kappa shape index (κ2) is 7.06. The summed E-state index contributed by atoms with van der Waals surface area (Å²) in [5.41, 5.74) is 1.72. The van der Waals surface area contributed by atoms with E-state index in [0.717, 1.165) is 11.3 Å². The van der Waals surface area contributed by atoms with Crippen molar-refractivity contribution >= 4 is 47.5 Å². The summed E-state index contributed by atoms with van der Waals surface area (Å²) in [5.74, 6) is 0. The van der Waals surface area contributed by atoms with Gasteiger partial charge in [0.2, 0.25) is 0 Å². The van der Waals surface area contributed by atoms with Crippen LogP contribution < -0.4 is 9.92 Å². The number of benzene rings is 1. The van der Waals surface area contributed by atoms with Crippen LogP contribution in [0.15, 0.2) is 24.3 Å². The summed E-state index contributed by atoms with van der Waals surface area (Å²) in [4.78, 5) is 0. The molecule has 0 amide bonds. The van der Waals surface area contributed by atoms with Crippen LogP contribution in [-0.4, -0.2) is 48.8 Å². The van der Waals surface area contributed by atoms with E-state index in [0.29, 0.717) is 0 Å². The molecule has 1 aliphatic heterocycles. The lowest BCUT2D eigenvalue weighted by Gasteiger charge is -2.32. The van der Waals surface area contributed by atoms with Gasteiger partial charge in [0.1, 0.15) is 0 Å². The molecule has 2 heterocycles. The average Bonchev–Trinajstić information content (AvgIpc) is 2.99. The maximum atomic E-state index is 2.49. The quantitative estimate of drug-likeness (QED) is 0.728.